The highest BCUT2D eigenvalue weighted by Crippen LogP contribution is 2.13. The SMILES string of the molecule is CSN1CCN(C(=O)C2CCCN2)CC1. The van der Waals surface area contributed by atoms with Crippen LogP contribution in [0.5, 0.6) is 0 Å². The van der Waals surface area contributed by atoms with Crippen LogP contribution in [0.1, 0.15) is 12.8 Å². The van der Waals surface area contributed by atoms with Crippen LogP contribution in [0.3, 0.4) is 0 Å². The van der Waals surface area contributed by atoms with Crippen LogP contribution in [-0.4, -0.2) is 60.1 Å². The van der Waals surface area contributed by atoms with E-state index in [1.54, 1.807) is 11.9 Å². The fourth-order valence-electron chi connectivity index (χ4n) is 2.21. The lowest BCUT2D eigenvalue weighted by molar-refractivity contribution is -0.134. The quantitative estimate of drug-likeness (QED) is 0.684. The van der Waals surface area contributed by atoms with Gasteiger partial charge in [0.25, 0.3) is 0 Å². The molecule has 0 saturated carbocycles. The van der Waals surface area contributed by atoms with Crippen molar-refractivity contribution in [3.8, 4) is 0 Å². The van der Waals surface area contributed by atoms with Crippen molar-refractivity contribution in [2.24, 2.45) is 0 Å². The molecular formula is C10H19N3OS. The molecular weight excluding hydrogens is 210 g/mol. The Morgan fingerprint density at radius 1 is 1.33 bits per heavy atom. The first-order chi connectivity index (χ1) is 7.31. The van der Waals surface area contributed by atoms with E-state index in [2.05, 4.69) is 15.9 Å². The summed E-state index contributed by atoms with van der Waals surface area (Å²) in [5.41, 5.74) is 0. The van der Waals surface area contributed by atoms with Crippen molar-refractivity contribution in [1.29, 1.82) is 0 Å². The Morgan fingerprint density at radius 3 is 2.60 bits per heavy atom. The number of amides is 1. The van der Waals surface area contributed by atoms with Gasteiger partial charge in [0.15, 0.2) is 0 Å². The molecule has 0 aromatic rings. The summed E-state index contributed by atoms with van der Waals surface area (Å²) in [6, 6.07) is 0.103. The minimum atomic E-state index is 0.103. The van der Waals surface area contributed by atoms with Crippen molar-refractivity contribution in [2.75, 3.05) is 39.0 Å². The minimum Gasteiger partial charge on any atom is -0.339 e. The first-order valence-corrected chi connectivity index (χ1v) is 6.80. The van der Waals surface area contributed by atoms with Crippen molar-refractivity contribution in [1.82, 2.24) is 14.5 Å². The van der Waals surface area contributed by atoms with Crippen molar-refractivity contribution < 1.29 is 4.79 Å². The fraction of sp³-hybridized carbons (Fsp3) is 0.900. The largest absolute Gasteiger partial charge is 0.339 e. The number of nitrogens with one attached hydrogen (secondary N) is 1. The average Bonchev–Trinajstić information content (AvgIpc) is 2.82. The Hall–Kier alpha value is -0.260. The second-order valence-electron chi connectivity index (χ2n) is 4.09. The van der Waals surface area contributed by atoms with Crippen molar-refractivity contribution in [3.05, 3.63) is 0 Å². The van der Waals surface area contributed by atoms with Crippen LogP contribution in [-0.2, 0) is 4.79 Å². The normalized spacial score (nSPS) is 28.3. The summed E-state index contributed by atoms with van der Waals surface area (Å²) in [5, 5.41) is 3.27. The fourth-order valence-corrected chi connectivity index (χ4v) is 2.74. The zero-order chi connectivity index (χ0) is 10.7. The molecule has 2 rings (SSSR count). The summed E-state index contributed by atoms with van der Waals surface area (Å²) in [4.78, 5) is 14.0. The number of piperazine rings is 1. The molecule has 2 heterocycles. The highest BCUT2D eigenvalue weighted by Gasteiger charge is 2.28. The van der Waals surface area contributed by atoms with Crippen LogP contribution in [0.4, 0.5) is 0 Å². The van der Waals surface area contributed by atoms with E-state index >= 15 is 0 Å². The molecule has 0 aromatic heterocycles. The zero-order valence-electron chi connectivity index (χ0n) is 9.24. The number of nitrogens with zero attached hydrogens (tertiary/aromatic N) is 2. The minimum absolute atomic E-state index is 0.103. The molecule has 0 radical (unpaired) electrons. The molecule has 0 aromatic carbocycles. The molecule has 1 unspecified atom stereocenters. The Bertz CT molecular complexity index is 223. The lowest BCUT2D eigenvalue weighted by Crippen LogP contribution is -2.51. The third-order valence-corrected chi connectivity index (χ3v) is 4.05. The van der Waals surface area contributed by atoms with Gasteiger partial charge < -0.3 is 10.2 Å². The van der Waals surface area contributed by atoms with E-state index in [9.17, 15) is 4.79 Å². The lowest BCUT2D eigenvalue weighted by Gasteiger charge is -2.34. The van der Waals surface area contributed by atoms with Gasteiger partial charge in [-0.1, -0.05) is 11.9 Å². The molecule has 5 heteroatoms. The van der Waals surface area contributed by atoms with Gasteiger partial charge in [-0.15, -0.1) is 0 Å². The first-order valence-electron chi connectivity index (χ1n) is 5.62. The van der Waals surface area contributed by atoms with Crippen LogP contribution in [0, 0.1) is 0 Å². The third kappa shape index (κ3) is 2.65. The van der Waals surface area contributed by atoms with Crippen molar-refractivity contribution in [2.45, 2.75) is 18.9 Å². The van der Waals surface area contributed by atoms with E-state index in [-0.39, 0.29) is 6.04 Å². The molecule has 86 valence electrons. The van der Waals surface area contributed by atoms with E-state index in [0.29, 0.717) is 5.91 Å². The molecule has 1 amide bonds. The molecule has 2 aliphatic heterocycles. The van der Waals surface area contributed by atoms with Gasteiger partial charge in [0, 0.05) is 26.2 Å². The molecule has 2 saturated heterocycles. The van der Waals surface area contributed by atoms with E-state index in [4.69, 9.17) is 0 Å². The number of carbonyl (C=O) groups excluding carboxylic acids is 1. The third-order valence-electron chi connectivity index (χ3n) is 3.17. The Balaban J connectivity index is 1.81. The molecule has 1 N–H and O–H groups in total. The Kier molecular flexibility index (Phi) is 3.88. The smallest absolute Gasteiger partial charge is 0.239 e. The van der Waals surface area contributed by atoms with Gasteiger partial charge in [-0.2, -0.15) is 0 Å². The average molecular weight is 229 g/mol. The van der Waals surface area contributed by atoms with Crippen LogP contribution in [0.25, 0.3) is 0 Å². The molecule has 0 aliphatic carbocycles. The van der Waals surface area contributed by atoms with E-state index in [1.807, 2.05) is 4.90 Å². The summed E-state index contributed by atoms with van der Waals surface area (Å²) in [6.45, 7) is 4.77. The van der Waals surface area contributed by atoms with Gasteiger partial charge in [0.1, 0.15) is 0 Å². The number of hydrogen-bond donors (Lipinski definition) is 1. The van der Waals surface area contributed by atoms with Gasteiger partial charge >= 0.3 is 0 Å². The first kappa shape index (κ1) is 11.2. The summed E-state index contributed by atoms with van der Waals surface area (Å²) in [6.07, 6.45) is 4.25. The maximum absolute atomic E-state index is 12.0. The molecule has 1 atom stereocenters. The van der Waals surface area contributed by atoms with Gasteiger partial charge in [0.2, 0.25) is 5.91 Å². The molecule has 2 fully saturated rings. The Morgan fingerprint density at radius 2 is 2.07 bits per heavy atom. The van der Waals surface area contributed by atoms with Gasteiger partial charge in [-0.3, -0.25) is 4.79 Å². The van der Waals surface area contributed by atoms with Crippen molar-refractivity contribution >= 4 is 17.9 Å². The highest BCUT2D eigenvalue weighted by molar-refractivity contribution is 7.96. The zero-order valence-corrected chi connectivity index (χ0v) is 10.1. The predicted molar refractivity (Wildman–Crippen MR) is 62.7 cm³/mol. The number of carbonyl (C=O) groups is 1. The maximum atomic E-state index is 12.0. The van der Waals surface area contributed by atoms with Gasteiger partial charge in [-0.25, -0.2) is 4.31 Å². The topological polar surface area (TPSA) is 35.6 Å². The van der Waals surface area contributed by atoms with Gasteiger partial charge in [-0.05, 0) is 25.6 Å². The van der Waals surface area contributed by atoms with E-state index in [1.165, 1.54) is 0 Å². The maximum Gasteiger partial charge on any atom is 0.239 e. The number of rotatable bonds is 2. The summed E-state index contributed by atoms with van der Waals surface area (Å²) in [5.74, 6) is 0.313. The second-order valence-corrected chi connectivity index (χ2v) is 4.97. The number of hydrogen-bond acceptors (Lipinski definition) is 4. The molecule has 0 bridgehead atoms. The molecule has 2 aliphatic rings. The standard InChI is InChI=1S/C10H19N3OS/c1-15-13-7-5-12(6-8-13)10(14)9-3-2-4-11-9/h9,11H,2-8H2,1H3. The van der Waals surface area contributed by atoms with Crippen LogP contribution in [0.15, 0.2) is 0 Å². The predicted octanol–water partition coefficient (Wildman–Crippen LogP) is 0.161. The van der Waals surface area contributed by atoms with Crippen LogP contribution < -0.4 is 5.32 Å². The second kappa shape index (κ2) is 5.18. The van der Waals surface area contributed by atoms with E-state index < -0.39 is 0 Å². The van der Waals surface area contributed by atoms with Crippen LogP contribution >= 0.6 is 11.9 Å². The summed E-state index contributed by atoms with van der Waals surface area (Å²) >= 11 is 1.77. The van der Waals surface area contributed by atoms with Crippen LogP contribution in [0.2, 0.25) is 0 Å². The monoisotopic (exact) mass is 229 g/mol. The molecule has 15 heavy (non-hydrogen) atoms. The summed E-state index contributed by atoms with van der Waals surface area (Å²) < 4.78 is 2.31. The Labute approximate surface area is 95.5 Å². The molecule has 4 nitrogen and oxygen atoms in total. The van der Waals surface area contributed by atoms with Gasteiger partial charge in [0.05, 0.1) is 6.04 Å². The van der Waals surface area contributed by atoms with E-state index in [0.717, 1.165) is 45.6 Å². The lowest BCUT2D eigenvalue weighted by atomic mass is 10.2. The molecule has 0 spiro atoms. The van der Waals surface area contributed by atoms with Crippen molar-refractivity contribution in [3.63, 3.8) is 0 Å². The summed E-state index contributed by atoms with van der Waals surface area (Å²) in [7, 11) is 0. The highest BCUT2D eigenvalue weighted by atomic mass is 32.2.